The van der Waals surface area contributed by atoms with Gasteiger partial charge in [0.1, 0.15) is 19.1 Å². The van der Waals surface area contributed by atoms with Crippen molar-refractivity contribution in [3.8, 4) is 0 Å². The van der Waals surface area contributed by atoms with Crippen LogP contribution in [0.3, 0.4) is 0 Å². The molecule has 24 heavy (non-hydrogen) atoms. The first kappa shape index (κ1) is 20.5. The van der Waals surface area contributed by atoms with Crippen LogP contribution in [0, 0.1) is 0 Å². The third-order valence-corrected chi connectivity index (χ3v) is 4.13. The van der Waals surface area contributed by atoms with E-state index in [2.05, 4.69) is 5.32 Å². The number of amides is 6. The molecule has 2 saturated heterocycles. The van der Waals surface area contributed by atoms with Crippen molar-refractivity contribution in [3.63, 3.8) is 0 Å². The van der Waals surface area contributed by atoms with Gasteiger partial charge in [0.15, 0.2) is 0 Å². The van der Waals surface area contributed by atoms with E-state index < -0.39 is 65.6 Å². The maximum absolute atomic E-state index is 11.8. The third kappa shape index (κ3) is 3.92. The molecule has 2 heterocycles. The summed E-state index contributed by atoms with van der Waals surface area (Å²) in [6.45, 7) is -0.548. The minimum Gasteiger partial charge on any atom is -1.00 e. The molecule has 0 aliphatic carbocycles. The summed E-state index contributed by atoms with van der Waals surface area (Å²) in [5, 5.41) is 2.13. The Bertz CT molecular complexity index is 728. The molecule has 2 aliphatic rings. The second kappa shape index (κ2) is 7.14. The third-order valence-electron chi connectivity index (χ3n) is 3.24. The van der Waals surface area contributed by atoms with Gasteiger partial charge in [-0.1, -0.05) is 0 Å². The summed E-state index contributed by atoms with van der Waals surface area (Å²) in [5.41, 5.74) is 0. The van der Waals surface area contributed by atoms with Crippen LogP contribution in [0.4, 0.5) is 4.79 Å². The van der Waals surface area contributed by atoms with Gasteiger partial charge in [0.25, 0.3) is 11.8 Å². The van der Waals surface area contributed by atoms with Gasteiger partial charge in [0, 0.05) is 6.92 Å². The van der Waals surface area contributed by atoms with Crippen molar-refractivity contribution < 1.29 is 67.9 Å². The molecule has 2 aliphatic heterocycles. The fourth-order valence-corrected chi connectivity index (χ4v) is 2.73. The summed E-state index contributed by atoms with van der Waals surface area (Å²) in [6.07, 6.45) is 0. The number of nitrogens with one attached hydrogen (secondary N) is 1. The Morgan fingerprint density at radius 1 is 1.33 bits per heavy atom. The van der Waals surface area contributed by atoms with Gasteiger partial charge in [-0.25, -0.2) is 9.10 Å². The molecule has 2 fully saturated rings. The maximum atomic E-state index is 11.8. The second-order valence-corrected chi connectivity index (χ2v) is 6.17. The number of rotatable bonds is 4. The fourth-order valence-electron chi connectivity index (χ4n) is 2.04. The first-order valence-electron chi connectivity index (χ1n) is 6.23. The standard InChI is InChI=1S/C10H12N4O8S.Na.H/c1-5(15)12-4-8(17)13(10(12)19)3-7(16)11-6-2-14(9(6)18)23(20,21)22;;/h6H,2-4H2,1H3,(H,11,16)(H,20,21,22);;/q;+1;-1. The number of carbonyl (C=O) groups excluding carboxylic acids is 5. The topological polar surface area (TPSA) is 161 Å². The van der Waals surface area contributed by atoms with E-state index in [1.807, 2.05) is 0 Å². The van der Waals surface area contributed by atoms with Gasteiger partial charge in [-0.15, -0.1) is 0 Å². The van der Waals surface area contributed by atoms with Gasteiger partial charge < -0.3 is 6.74 Å². The normalized spacial score (nSPS) is 20.7. The predicted molar refractivity (Wildman–Crippen MR) is 70.8 cm³/mol. The van der Waals surface area contributed by atoms with Crippen molar-refractivity contribution in [3.05, 3.63) is 0 Å². The molecular weight excluding hydrogens is 359 g/mol. The molecule has 0 aromatic carbocycles. The van der Waals surface area contributed by atoms with Crippen LogP contribution in [-0.2, 0) is 29.5 Å². The quantitative estimate of drug-likeness (QED) is 0.213. The number of imide groups is 2. The number of carbonyl (C=O) groups is 5. The fraction of sp³-hybridized carbons (Fsp3) is 0.500. The Kier molecular flexibility index (Phi) is 6.10. The van der Waals surface area contributed by atoms with Crippen LogP contribution in [0.2, 0.25) is 0 Å². The largest absolute Gasteiger partial charge is 1.00 e. The molecule has 1 atom stereocenters. The van der Waals surface area contributed by atoms with Crippen LogP contribution in [-0.4, -0.2) is 82.4 Å². The molecule has 0 bridgehead atoms. The Balaban J connectivity index is 0.00000288. The van der Waals surface area contributed by atoms with Gasteiger partial charge in [0.2, 0.25) is 11.8 Å². The summed E-state index contributed by atoms with van der Waals surface area (Å²) in [6, 6.07) is -2.13. The average molecular weight is 372 g/mol. The van der Waals surface area contributed by atoms with Crippen molar-refractivity contribution in [1.29, 1.82) is 0 Å². The minimum absolute atomic E-state index is 0. The average Bonchev–Trinajstić information content (AvgIpc) is 2.69. The first-order valence-corrected chi connectivity index (χ1v) is 7.63. The van der Waals surface area contributed by atoms with Crippen molar-refractivity contribution in [2.75, 3.05) is 19.6 Å². The van der Waals surface area contributed by atoms with Crippen LogP contribution in [0.15, 0.2) is 0 Å². The second-order valence-electron chi connectivity index (χ2n) is 4.83. The van der Waals surface area contributed by atoms with E-state index in [1.165, 1.54) is 0 Å². The summed E-state index contributed by atoms with van der Waals surface area (Å²) < 4.78 is 30.3. The number of urea groups is 1. The van der Waals surface area contributed by atoms with Gasteiger partial charge in [-0.05, 0) is 0 Å². The van der Waals surface area contributed by atoms with Gasteiger partial charge in [-0.3, -0.25) is 33.5 Å². The van der Waals surface area contributed by atoms with Crippen LogP contribution in [0.5, 0.6) is 0 Å². The van der Waals surface area contributed by atoms with Crippen molar-refractivity contribution in [1.82, 2.24) is 19.4 Å². The molecule has 12 nitrogen and oxygen atoms in total. The van der Waals surface area contributed by atoms with Crippen molar-refractivity contribution >= 4 is 40.0 Å². The van der Waals surface area contributed by atoms with E-state index >= 15 is 0 Å². The minimum atomic E-state index is -4.67. The number of hydrogen-bond donors (Lipinski definition) is 2. The SMILES string of the molecule is CC(=O)N1CC(=O)N(CC(=O)NC2CN(S(=O)(=O)O)C2=O)C1=O.[H-].[Na+]. The molecule has 2 rings (SSSR count). The van der Waals surface area contributed by atoms with E-state index in [4.69, 9.17) is 4.55 Å². The van der Waals surface area contributed by atoms with E-state index in [0.29, 0.717) is 9.80 Å². The number of nitrogens with zero attached hydrogens (tertiary/aromatic N) is 3. The molecule has 0 aromatic heterocycles. The summed E-state index contributed by atoms with van der Waals surface area (Å²) in [4.78, 5) is 58.8. The summed E-state index contributed by atoms with van der Waals surface area (Å²) >= 11 is 0. The van der Waals surface area contributed by atoms with Crippen LogP contribution < -0.4 is 34.9 Å². The molecule has 0 radical (unpaired) electrons. The maximum Gasteiger partial charge on any atom is 1.00 e. The zero-order chi connectivity index (χ0) is 17.5. The first-order chi connectivity index (χ1) is 10.5. The van der Waals surface area contributed by atoms with E-state index in [9.17, 15) is 32.4 Å². The monoisotopic (exact) mass is 372 g/mol. The molecule has 6 amide bonds. The molecular formula is C10H13N4NaO8S. The number of β-lactam (4-membered cyclic amide) rings is 1. The molecule has 2 N–H and O–H groups in total. The number of hydrogen-bond acceptors (Lipinski definition) is 7. The Hall–Kier alpha value is -1.54. The zero-order valence-corrected chi connectivity index (χ0v) is 15.6. The molecule has 0 saturated carbocycles. The van der Waals surface area contributed by atoms with Crippen molar-refractivity contribution in [2.24, 2.45) is 0 Å². The Morgan fingerprint density at radius 3 is 2.33 bits per heavy atom. The molecule has 0 aromatic rings. The molecule has 14 heteroatoms. The summed E-state index contributed by atoms with van der Waals surface area (Å²) in [5.74, 6) is -3.32. The zero-order valence-electron chi connectivity index (χ0n) is 13.8. The summed E-state index contributed by atoms with van der Waals surface area (Å²) in [7, 11) is -4.67. The van der Waals surface area contributed by atoms with E-state index in [0.717, 1.165) is 6.92 Å². The van der Waals surface area contributed by atoms with E-state index in [-0.39, 0.29) is 35.3 Å². The van der Waals surface area contributed by atoms with Crippen LogP contribution in [0.1, 0.15) is 8.35 Å². The van der Waals surface area contributed by atoms with E-state index in [1.54, 1.807) is 0 Å². The molecule has 0 spiro atoms. The van der Waals surface area contributed by atoms with Crippen LogP contribution >= 0.6 is 0 Å². The predicted octanol–water partition coefficient (Wildman–Crippen LogP) is -5.96. The molecule has 128 valence electrons. The van der Waals surface area contributed by atoms with Crippen LogP contribution in [0.25, 0.3) is 0 Å². The smallest absolute Gasteiger partial charge is 1.00 e. The molecule has 1 unspecified atom stereocenters. The van der Waals surface area contributed by atoms with Gasteiger partial charge >= 0.3 is 45.9 Å². The Labute approximate surface area is 159 Å². The Morgan fingerprint density at radius 2 is 1.92 bits per heavy atom. The van der Waals surface area contributed by atoms with Crippen molar-refractivity contribution in [2.45, 2.75) is 13.0 Å². The van der Waals surface area contributed by atoms with Gasteiger partial charge in [0.05, 0.1) is 6.54 Å². The van der Waals surface area contributed by atoms with Gasteiger partial charge in [-0.2, -0.15) is 8.42 Å².